The summed E-state index contributed by atoms with van der Waals surface area (Å²) in [6.45, 7) is 20.3. The summed E-state index contributed by atoms with van der Waals surface area (Å²) in [4.78, 5) is 15.6. The molecule has 1 aromatic heterocycles. The molecule has 34 heavy (non-hydrogen) atoms. The van der Waals surface area contributed by atoms with Gasteiger partial charge in [0.15, 0.2) is 0 Å². The van der Waals surface area contributed by atoms with Crippen molar-refractivity contribution < 1.29 is 0 Å². The lowest BCUT2D eigenvalue weighted by atomic mass is 9.95. The Morgan fingerprint density at radius 3 is 2.09 bits per heavy atom. The zero-order chi connectivity index (χ0) is 23.7. The summed E-state index contributed by atoms with van der Waals surface area (Å²) in [6.07, 6.45) is 7.36. The molecule has 5 heteroatoms. The van der Waals surface area contributed by atoms with Crippen LogP contribution in [0.5, 0.6) is 0 Å². The fraction of sp³-hybridized carbons (Fsp3) is 0.690. The van der Waals surface area contributed by atoms with Gasteiger partial charge in [-0.15, -0.1) is 0 Å². The van der Waals surface area contributed by atoms with Crippen molar-refractivity contribution in [3.05, 3.63) is 35.5 Å². The fourth-order valence-corrected chi connectivity index (χ4v) is 6.59. The molecule has 4 heterocycles. The number of piperazine rings is 1. The summed E-state index contributed by atoms with van der Waals surface area (Å²) in [5.41, 5.74) is 5.29. The Kier molecular flexibility index (Phi) is 7.43. The number of hydrogen-bond acceptors (Lipinski definition) is 5. The second-order valence-electron chi connectivity index (χ2n) is 11.2. The highest BCUT2D eigenvalue weighted by molar-refractivity contribution is 5.93. The maximum absolute atomic E-state index is 4.74. The first-order valence-electron chi connectivity index (χ1n) is 13.9. The summed E-state index contributed by atoms with van der Waals surface area (Å²) >= 11 is 0. The molecule has 5 nitrogen and oxygen atoms in total. The van der Waals surface area contributed by atoms with Crippen LogP contribution in [0.15, 0.2) is 24.4 Å². The average Bonchev–Trinajstić information content (AvgIpc) is 2.88. The molecular weight excluding hydrogens is 418 g/mol. The first-order chi connectivity index (χ1) is 16.5. The van der Waals surface area contributed by atoms with Crippen molar-refractivity contribution in [2.45, 2.75) is 71.4 Å². The van der Waals surface area contributed by atoms with Gasteiger partial charge in [0.05, 0.1) is 11.2 Å². The van der Waals surface area contributed by atoms with E-state index in [2.05, 4.69) is 71.7 Å². The molecule has 0 amide bonds. The highest BCUT2D eigenvalue weighted by Crippen LogP contribution is 2.34. The van der Waals surface area contributed by atoms with Gasteiger partial charge in [-0.25, -0.2) is 0 Å². The first kappa shape index (κ1) is 24.0. The third-order valence-electron chi connectivity index (χ3n) is 8.88. The number of likely N-dealkylation sites (N-methyl/N-ethyl adjacent to an activating group) is 1. The Morgan fingerprint density at radius 2 is 1.47 bits per heavy atom. The number of nitrogens with zero attached hydrogens (tertiary/aromatic N) is 5. The lowest BCUT2D eigenvalue weighted by Gasteiger charge is -2.46. The lowest BCUT2D eigenvalue weighted by molar-refractivity contribution is 0.0450. The van der Waals surface area contributed by atoms with E-state index >= 15 is 0 Å². The minimum absolute atomic E-state index is 0.543. The minimum atomic E-state index is 0.543. The number of aryl methyl sites for hydroxylation is 1. The van der Waals surface area contributed by atoms with Crippen LogP contribution in [0.2, 0.25) is 0 Å². The molecule has 2 aromatic rings. The molecule has 5 rings (SSSR count). The SMILES string of the molecule is CCN1CCN(C2CCN(C3CCN(c4c(C)cnc5ccc(C(C)C)cc45)CC3)CC2)CC1. The van der Waals surface area contributed by atoms with Crippen LogP contribution in [0.25, 0.3) is 10.9 Å². The molecule has 3 fully saturated rings. The molecule has 1 aromatic carbocycles. The van der Waals surface area contributed by atoms with E-state index in [0.717, 1.165) is 30.7 Å². The van der Waals surface area contributed by atoms with E-state index in [4.69, 9.17) is 4.98 Å². The second-order valence-corrected chi connectivity index (χ2v) is 11.2. The Labute approximate surface area is 207 Å². The molecule has 0 atom stereocenters. The molecule has 0 unspecified atom stereocenters. The van der Waals surface area contributed by atoms with Crippen molar-refractivity contribution in [3.63, 3.8) is 0 Å². The molecule has 3 aliphatic heterocycles. The van der Waals surface area contributed by atoms with Crippen LogP contribution in [0, 0.1) is 6.92 Å². The number of likely N-dealkylation sites (tertiary alicyclic amines) is 1. The van der Waals surface area contributed by atoms with Crippen molar-refractivity contribution >= 4 is 16.6 Å². The quantitative estimate of drug-likeness (QED) is 0.638. The van der Waals surface area contributed by atoms with Gasteiger partial charge >= 0.3 is 0 Å². The van der Waals surface area contributed by atoms with Gasteiger partial charge in [0, 0.05) is 62.9 Å². The van der Waals surface area contributed by atoms with Crippen molar-refractivity contribution in [1.82, 2.24) is 19.7 Å². The van der Waals surface area contributed by atoms with Crippen LogP contribution in [-0.4, -0.2) is 90.7 Å². The normalized spacial score (nSPS) is 22.8. The van der Waals surface area contributed by atoms with Crippen LogP contribution >= 0.6 is 0 Å². The summed E-state index contributed by atoms with van der Waals surface area (Å²) in [6, 6.07) is 8.43. The summed E-state index contributed by atoms with van der Waals surface area (Å²) in [7, 11) is 0. The van der Waals surface area contributed by atoms with E-state index in [1.165, 1.54) is 93.7 Å². The predicted molar refractivity (Wildman–Crippen MR) is 144 cm³/mol. The molecule has 3 aliphatic rings. The summed E-state index contributed by atoms with van der Waals surface area (Å²) < 4.78 is 0. The van der Waals surface area contributed by atoms with Crippen LogP contribution in [0.3, 0.4) is 0 Å². The monoisotopic (exact) mass is 463 g/mol. The number of fused-ring (bicyclic) bond motifs is 1. The topological polar surface area (TPSA) is 25.9 Å². The molecule has 186 valence electrons. The molecule has 0 radical (unpaired) electrons. The highest BCUT2D eigenvalue weighted by Gasteiger charge is 2.32. The number of pyridine rings is 1. The van der Waals surface area contributed by atoms with Gasteiger partial charge in [-0.3, -0.25) is 9.88 Å². The summed E-state index contributed by atoms with van der Waals surface area (Å²) in [5.74, 6) is 0.543. The van der Waals surface area contributed by atoms with Gasteiger partial charge in [0.2, 0.25) is 0 Å². The van der Waals surface area contributed by atoms with Gasteiger partial charge in [0.1, 0.15) is 0 Å². The molecule has 0 spiro atoms. The van der Waals surface area contributed by atoms with E-state index in [1.54, 1.807) is 0 Å². The Bertz CT molecular complexity index is 948. The lowest BCUT2D eigenvalue weighted by Crippen LogP contribution is -2.55. The van der Waals surface area contributed by atoms with Crippen molar-refractivity contribution in [2.24, 2.45) is 0 Å². The van der Waals surface area contributed by atoms with E-state index in [1.807, 2.05) is 0 Å². The number of benzene rings is 1. The number of rotatable bonds is 5. The van der Waals surface area contributed by atoms with Crippen molar-refractivity contribution in [2.75, 3.05) is 63.8 Å². The molecule has 0 N–H and O–H groups in total. The van der Waals surface area contributed by atoms with Gasteiger partial charge in [-0.05, 0) is 81.4 Å². The second kappa shape index (κ2) is 10.5. The van der Waals surface area contributed by atoms with Crippen LogP contribution in [0.1, 0.15) is 63.5 Å². The van der Waals surface area contributed by atoms with Crippen molar-refractivity contribution in [3.8, 4) is 0 Å². The molecule has 3 saturated heterocycles. The Hall–Kier alpha value is -1.69. The van der Waals surface area contributed by atoms with Crippen molar-refractivity contribution in [1.29, 1.82) is 0 Å². The molecule has 0 aliphatic carbocycles. The van der Waals surface area contributed by atoms with Crippen LogP contribution in [0.4, 0.5) is 5.69 Å². The number of piperidine rings is 2. The first-order valence-corrected chi connectivity index (χ1v) is 13.9. The Balaban J connectivity index is 1.19. The van der Waals surface area contributed by atoms with Gasteiger partial charge in [-0.2, -0.15) is 0 Å². The highest BCUT2D eigenvalue weighted by atomic mass is 15.3. The zero-order valence-electron chi connectivity index (χ0n) is 22.0. The largest absolute Gasteiger partial charge is 0.371 e. The number of anilines is 1. The third kappa shape index (κ3) is 4.98. The van der Waals surface area contributed by atoms with Gasteiger partial charge in [-0.1, -0.05) is 26.8 Å². The van der Waals surface area contributed by atoms with E-state index in [9.17, 15) is 0 Å². The van der Waals surface area contributed by atoms with Crippen LogP contribution in [-0.2, 0) is 0 Å². The number of aromatic nitrogens is 1. The number of hydrogen-bond donors (Lipinski definition) is 0. The minimum Gasteiger partial charge on any atom is -0.371 e. The van der Waals surface area contributed by atoms with E-state index in [-0.39, 0.29) is 0 Å². The smallest absolute Gasteiger partial charge is 0.0723 e. The maximum Gasteiger partial charge on any atom is 0.0723 e. The third-order valence-corrected chi connectivity index (χ3v) is 8.88. The van der Waals surface area contributed by atoms with E-state index in [0.29, 0.717) is 5.92 Å². The fourth-order valence-electron chi connectivity index (χ4n) is 6.59. The standard InChI is InChI=1S/C29H45N5/c1-5-31-16-18-33(19-17-31)26-8-12-32(13-9-26)25-10-14-34(15-11-25)29-23(4)21-30-28-7-6-24(22(2)3)20-27(28)29/h6-7,20-22,25-26H,5,8-19H2,1-4H3. The van der Waals surface area contributed by atoms with Gasteiger partial charge in [0.25, 0.3) is 0 Å². The molecule has 0 bridgehead atoms. The molecule has 0 saturated carbocycles. The van der Waals surface area contributed by atoms with Crippen LogP contribution < -0.4 is 4.90 Å². The molecular formula is C29H45N5. The van der Waals surface area contributed by atoms with E-state index < -0.39 is 0 Å². The average molecular weight is 464 g/mol. The van der Waals surface area contributed by atoms with Gasteiger partial charge < -0.3 is 14.7 Å². The zero-order valence-corrected chi connectivity index (χ0v) is 22.0. The Morgan fingerprint density at radius 1 is 0.853 bits per heavy atom. The summed E-state index contributed by atoms with van der Waals surface area (Å²) in [5, 5.41) is 1.34. The maximum atomic E-state index is 4.74. The predicted octanol–water partition coefficient (Wildman–Crippen LogP) is 4.74.